The third-order valence-corrected chi connectivity index (χ3v) is 1.43. The van der Waals surface area contributed by atoms with Crippen LogP contribution in [-0.4, -0.2) is 5.72 Å². The molecular weight excluding hydrogens is 136 g/mol. The molecule has 0 rings (SSSR count). The highest BCUT2D eigenvalue weighted by atomic mass is 17.3. The predicted molar refractivity (Wildman–Crippen MR) is 35.5 cm³/mol. The summed E-state index contributed by atoms with van der Waals surface area (Å²) in [4.78, 5) is 17.7. The Morgan fingerprint density at radius 3 is 2.30 bits per heavy atom. The van der Waals surface area contributed by atoms with E-state index in [1.54, 1.807) is 0 Å². The van der Waals surface area contributed by atoms with Gasteiger partial charge in [-0.3, -0.25) is 5.73 Å². The highest BCUT2D eigenvalue weighted by Gasteiger charge is 2.23. The maximum Gasteiger partial charge on any atom is 0.190 e. The van der Waals surface area contributed by atoms with Gasteiger partial charge in [-0.2, -0.15) is 4.99 Å². The SMILES string of the molecule is CCC(N)(CC)OON=O. The fourth-order valence-corrected chi connectivity index (χ4v) is 0.457. The predicted octanol–water partition coefficient (Wildman–Crippen LogP) is 1.09. The zero-order valence-corrected chi connectivity index (χ0v) is 6.16. The van der Waals surface area contributed by atoms with E-state index >= 15 is 0 Å². The average Bonchev–Trinajstić information content (AvgIpc) is 2.00. The van der Waals surface area contributed by atoms with Crippen molar-refractivity contribution in [1.29, 1.82) is 0 Å². The minimum absolute atomic E-state index is 0.568. The van der Waals surface area contributed by atoms with Crippen LogP contribution in [0.15, 0.2) is 5.34 Å². The molecule has 5 heteroatoms. The van der Waals surface area contributed by atoms with Gasteiger partial charge in [0.05, 0.1) is 0 Å². The van der Waals surface area contributed by atoms with Gasteiger partial charge in [0, 0.05) is 0 Å². The molecule has 0 aromatic carbocycles. The van der Waals surface area contributed by atoms with Crippen molar-refractivity contribution in [3.63, 3.8) is 0 Å². The van der Waals surface area contributed by atoms with Crippen molar-refractivity contribution < 1.29 is 9.88 Å². The number of rotatable bonds is 5. The highest BCUT2D eigenvalue weighted by Crippen LogP contribution is 2.12. The van der Waals surface area contributed by atoms with E-state index in [0.29, 0.717) is 12.8 Å². The van der Waals surface area contributed by atoms with Crippen LogP contribution in [0.3, 0.4) is 0 Å². The summed E-state index contributed by atoms with van der Waals surface area (Å²) in [5.41, 5.74) is 4.66. The first kappa shape index (κ1) is 9.32. The fourth-order valence-electron chi connectivity index (χ4n) is 0.457. The van der Waals surface area contributed by atoms with Crippen LogP contribution in [0, 0.1) is 4.91 Å². The van der Waals surface area contributed by atoms with Crippen LogP contribution >= 0.6 is 0 Å². The summed E-state index contributed by atoms with van der Waals surface area (Å²) >= 11 is 0. The lowest BCUT2D eigenvalue weighted by Crippen LogP contribution is -2.40. The molecule has 0 heterocycles. The Kier molecular flexibility index (Phi) is 3.90. The van der Waals surface area contributed by atoms with Crippen molar-refractivity contribution in [3.05, 3.63) is 4.91 Å². The van der Waals surface area contributed by atoms with Crippen molar-refractivity contribution in [3.8, 4) is 0 Å². The topological polar surface area (TPSA) is 73.9 Å². The summed E-state index contributed by atoms with van der Waals surface area (Å²) in [5.74, 6) is 0. The van der Waals surface area contributed by atoms with Crippen LogP contribution in [0.1, 0.15) is 26.7 Å². The second-order valence-electron chi connectivity index (χ2n) is 2.00. The van der Waals surface area contributed by atoms with Gasteiger partial charge in [0.25, 0.3) is 0 Å². The zero-order chi connectivity index (χ0) is 8.04. The van der Waals surface area contributed by atoms with E-state index in [-0.39, 0.29) is 0 Å². The smallest absolute Gasteiger partial charge is 0.190 e. The number of nitrogens with two attached hydrogens (primary N) is 1. The van der Waals surface area contributed by atoms with Gasteiger partial charge in [0.2, 0.25) is 0 Å². The highest BCUT2D eigenvalue weighted by molar-refractivity contribution is 4.65. The molecule has 0 aromatic rings. The summed E-state index contributed by atoms with van der Waals surface area (Å²) in [6.45, 7) is 3.66. The summed E-state index contributed by atoms with van der Waals surface area (Å²) in [6.07, 6.45) is 1.14. The lowest BCUT2D eigenvalue weighted by atomic mass is 10.1. The third-order valence-electron chi connectivity index (χ3n) is 1.43. The molecule has 0 aromatic heterocycles. The summed E-state index contributed by atoms with van der Waals surface area (Å²) < 4.78 is 0. The van der Waals surface area contributed by atoms with Gasteiger partial charge in [0.15, 0.2) is 11.1 Å². The molecule has 0 saturated carbocycles. The van der Waals surface area contributed by atoms with Gasteiger partial charge in [-0.05, 0) is 12.8 Å². The molecule has 0 fully saturated rings. The molecular formula is C5H12N2O3. The minimum atomic E-state index is -0.881. The van der Waals surface area contributed by atoms with Crippen molar-refractivity contribution in [2.75, 3.05) is 0 Å². The molecule has 0 radical (unpaired) electrons. The molecule has 10 heavy (non-hydrogen) atoms. The maximum absolute atomic E-state index is 9.43. The van der Waals surface area contributed by atoms with Crippen LogP contribution in [0.4, 0.5) is 0 Å². The van der Waals surface area contributed by atoms with Gasteiger partial charge in [-0.1, -0.05) is 13.8 Å². The summed E-state index contributed by atoms with van der Waals surface area (Å²) in [6, 6.07) is 0. The number of hydrogen-bond acceptors (Lipinski definition) is 5. The first-order chi connectivity index (χ1) is 4.68. The van der Waals surface area contributed by atoms with E-state index in [4.69, 9.17) is 5.73 Å². The molecule has 0 bridgehead atoms. The van der Waals surface area contributed by atoms with E-state index in [1.807, 2.05) is 13.8 Å². The normalized spacial score (nSPS) is 11.1. The average molecular weight is 148 g/mol. The van der Waals surface area contributed by atoms with Crippen LogP contribution in [-0.2, 0) is 9.88 Å². The summed E-state index contributed by atoms with van der Waals surface area (Å²) in [7, 11) is 0. The van der Waals surface area contributed by atoms with Gasteiger partial charge in [-0.15, -0.1) is 9.79 Å². The lowest BCUT2D eigenvalue weighted by molar-refractivity contribution is -0.365. The molecule has 2 N–H and O–H groups in total. The minimum Gasteiger partial charge on any atom is -0.300 e. The van der Waals surface area contributed by atoms with Gasteiger partial charge >= 0.3 is 0 Å². The van der Waals surface area contributed by atoms with Crippen LogP contribution in [0.5, 0.6) is 0 Å². The monoisotopic (exact) mass is 148 g/mol. The first-order valence-corrected chi connectivity index (χ1v) is 3.15. The van der Waals surface area contributed by atoms with E-state index in [1.165, 1.54) is 0 Å². The molecule has 0 unspecified atom stereocenters. The molecule has 0 aliphatic heterocycles. The first-order valence-electron chi connectivity index (χ1n) is 3.15. The van der Waals surface area contributed by atoms with Crippen LogP contribution < -0.4 is 5.73 Å². The number of nitrogens with zero attached hydrogens (tertiary/aromatic N) is 1. The van der Waals surface area contributed by atoms with E-state index < -0.39 is 5.72 Å². The van der Waals surface area contributed by atoms with Gasteiger partial charge in [-0.25, -0.2) is 0 Å². The Labute approximate surface area is 59.3 Å². The van der Waals surface area contributed by atoms with E-state index in [2.05, 4.69) is 15.2 Å². The molecule has 0 spiro atoms. The molecule has 60 valence electrons. The standard InChI is InChI=1S/C5H12N2O3/c1-3-5(6,4-2)9-10-7-8/h3-4,6H2,1-2H3. The second kappa shape index (κ2) is 4.19. The van der Waals surface area contributed by atoms with Gasteiger partial charge < -0.3 is 0 Å². The van der Waals surface area contributed by atoms with Crippen molar-refractivity contribution >= 4 is 0 Å². The Hall–Kier alpha value is -0.680. The summed E-state index contributed by atoms with van der Waals surface area (Å²) in [5, 5.41) is 2.06. The molecule has 0 atom stereocenters. The van der Waals surface area contributed by atoms with Crippen molar-refractivity contribution in [2.24, 2.45) is 11.1 Å². The molecule has 0 aliphatic carbocycles. The Morgan fingerprint density at radius 1 is 1.50 bits per heavy atom. The number of hydrogen-bond donors (Lipinski definition) is 1. The van der Waals surface area contributed by atoms with Crippen LogP contribution in [0.2, 0.25) is 0 Å². The molecule has 0 aliphatic rings. The van der Waals surface area contributed by atoms with Crippen molar-refractivity contribution in [2.45, 2.75) is 32.4 Å². The third kappa shape index (κ3) is 2.75. The molecule has 0 saturated heterocycles. The molecule has 0 amide bonds. The van der Waals surface area contributed by atoms with E-state index in [9.17, 15) is 4.91 Å². The lowest BCUT2D eigenvalue weighted by Gasteiger charge is -2.21. The Bertz CT molecular complexity index is 103. The van der Waals surface area contributed by atoms with Crippen molar-refractivity contribution in [1.82, 2.24) is 0 Å². The second-order valence-corrected chi connectivity index (χ2v) is 2.00. The van der Waals surface area contributed by atoms with Crippen LogP contribution in [0.25, 0.3) is 0 Å². The zero-order valence-electron chi connectivity index (χ0n) is 6.16. The Morgan fingerprint density at radius 2 is 2.00 bits per heavy atom. The largest absolute Gasteiger partial charge is 0.300 e. The Balaban J connectivity index is 3.68. The quantitative estimate of drug-likeness (QED) is 0.274. The van der Waals surface area contributed by atoms with Gasteiger partial charge in [0.1, 0.15) is 0 Å². The maximum atomic E-state index is 9.43. The fraction of sp³-hybridized carbons (Fsp3) is 1.00. The molecule has 5 nitrogen and oxygen atoms in total. The van der Waals surface area contributed by atoms with E-state index in [0.717, 1.165) is 0 Å².